The monoisotopic (exact) mass is 223 g/mol. The Morgan fingerprint density at radius 2 is 2.27 bits per heavy atom. The van der Waals surface area contributed by atoms with E-state index in [1.165, 1.54) is 16.0 Å². The predicted molar refractivity (Wildman–Crippen MR) is 58.1 cm³/mol. The molecule has 0 unspecified atom stereocenters. The van der Waals surface area contributed by atoms with E-state index in [-0.39, 0.29) is 5.97 Å². The summed E-state index contributed by atoms with van der Waals surface area (Å²) in [5.41, 5.74) is 0.838. The van der Waals surface area contributed by atoms with Crippen LogP contribution in [-0.4, -0.2) is 12.6 Å². The number of carbonyl (C=O) groups excluding carboxylic acids is 1. The van der Waals surface area contributed by atoms with Gasteiger partial charge in [0.1, 0.15) is 4.70 Å². The van der Waals surface area contributed by atoms with Crippen molar-refractivity contribution in [2.24, 2.45) is 0 Å². The number of rotatable bonds is 2. The number of fused-ring (bicyclic) bond motifs is 1. The van der Waals surface area contributed by atoms with Crippen LogP contribution in [0.3, 0.4) is 0 Å². The molecule has 0 radical (unpaired) electrons. The van der Waals surface area contributed by atoms with E-state index in [1.807, 2.05) is 24.3 Å². The van der Waals surface area contributed by atoms with Gasteiger partial charge >= 0.3 is 11.0 Å². The number of carbonyl (C=O) groups is 1. The first-order valence-corrected chi connectivity index (χ1v) is 5.41. The number of nitrogens with two attached hydrogens (primary N) is 1. The van der Waals surface area contributed by atoms with Crippen LogP contribution < -0.4 is 10.5 Å². The SMILES string of the molecule is CCOC(=O)c1sc2ccccc2[n+]1N. The molecule has 0 aliphatic carbocycles. The van der Waals surface area contributed by atoms with Crippen LogP contribution in [-0.2, 0) is 4.74 Å². The molecular formula is C10H11N2O2S+. The summed E-state index contributed by atoms with van der Waals surface area (Å²) in [5.74, 6) is 5.42. The van der Waals surface area contributed by atoms with Crippen LogP contribution in [0.15, 0.2) is 24.3 Å². The molecule has 0 fully saturated rings. The Hall–Kier alpha value is -1.62. The number of hydrogen-bond donors (Lipinski definition) is 1. The molecule has 5 heteroatoms. The van der Waals surface area contributed by atoms with E-state index >= 15 is 0 Å². The first-order chi connectivity index (χ1) is 7.24. The Morgan fingerprint density at radius 3 is 2.93 bits per heavy atom. The van der Waals surface area contributed by atoms with Crippen LogP contribution in [0.2, 0.25) is 0 Å². The van der Waals surface area contributed by atoms with E-state index in [1.54, 1.807) is 6.92 Å². The summed E-state index contributed by atoms with van der Waals surface area (Å²) in [6.45, 7) is 2.12. The van der Waals surface area contributed by atoms with E-state index in [0.29, 0.717) is 11.6 Å². The molecule has 0 saturated heterocycles. The van der Waals surface area contributed by atoms with Crippen molar-refractivity contribution < 1.29 is 14.2 Å². The second kappa shape index (κ2) is 3.86. The average molecular weight is 223 g/mol. The Kier molecular flexibility index (Phi) is 2.55. The molecule has 15 heavy (non-hydrogen) atoms. The minimum atomic E-state index is -0.374. The number of thiazole rings is 1. The topological polar surface area (TPSA) is 56.2 Å². The van der Waals surface area contributed by atoms with Gasteiger partial charge in [-0.3, -0.25) is 0 Å². The van der Waals surface area contributed by atoms with Gasteiger partial charge in [0.25, 0.3) is 5.52 Å². The first kappa shape index (κ1) is 9.92. The number of ether oxygens (including phenoxy) is 1. The van der Waals surface area contributed by atoms with Crippen LogP contribution in [0.4, 0.5) is 0 Å². The van der Waals surface area contributed by atoms with Gasteiger partial charge in [-0.05, 0) is 13.0 Å². The highest BCUT2D eigenvalue weighted by Gasteiger charge is 2.26. The lowest BCUT2D eigenvalue weighted by molar-refractivity contribution is -0.609. The molecule has 0 aliphatic heterocycles. The van der Waals surface area contributed by atoms with Crippen LogP contribution in [0.5, 0.6) is 0 Å². The van der Waals surface area contributed by atoms with Crippen molar-refractivity contribution in [3.8, 4) is 0 Å². The zero-order valence-corrected chi connectivity index (χ0v) is 9.08. The third kappa shape index (κ3) is 1.66. The second-order valence-electron chi connectivity index (χ2n) is 2.97. The highest BCUT2D eigenvalue weighted by Crippen LogP contribution is 2.19. The Morgan fingerprint density at radius 1 is 1.53 bits per heavy atom. The first-order valence-electron chi connectivity index (χ1n) is 4.60. The highest BCUT2D eigenvalue weighted by molar-refractivity contribution is 7.19. The number of para-hydroxylation sites is 1. The van der Waals surface area contributed by atoms with Crippen LogP contribution in [0.25, 0.3) is 10.2 Å². The number of hydrogen-bond acceptors (Lipinski definition) is 4. The van der Waals surface area contributed by atoms with Crippen molar-refractivity contribution in [3.05, 3.63) is 29.3 Å². The van der Waals surface area contributed by atoms with Crippen molar-refractivity contribution in [2.75, 3.05) is 12.4 Å². The van der Waals surface area contributed by atoms with Crippen molar-refractivity contribution in [1.82, 2.24) is 0 Å². The van der Waals surface area contributed by atoms with Crippen molar-refractivity contribution >= 4 is 27.5 Å². The largest absolute Gasteiger partial charge is 0.457 e. The Balaban J connectivity index is 2.53. The number of benzene rings is 1. The van der Waals surface area contributed by atoms with E-state index in [9.17, 15) is 4.79 Å². The molecule has 0 spiro atoms. The molecule has 2 rings (SSSR count). The summed E-state index contributed by atoms with van der Waals surface area (Å²) in [6, 6.07) is 7.59. The van der Waals surface area contributed by atoms with Gasteiger partial charge in [-0.1, -0.05) is 28.1 Å². The fourth-order valence-electron chi connectivity index (χ4n) is 1.34. The normalized spacial score (nSPS) is 10.5. The maximum atomic E-state index is 11.5. The van der Waals surface area contributed by atoms with E-state index in [4.69, 9.17) is 10.6 Å². The summed E-state index contributed by atoms with van der Waals surface area (Å²) in [4.78, 5) is 11.5. The van der Waals surface area contributed by atoms with E-state index in [0.717, 1.165) is 10.2 Å². The maximum Gasteiger partial charge on any atom is 0.418 e. The third-order valence-corrected chi connectivity index (χ3v) is 3.12. The molecule has 0 amide bonds. The molecule has 1 aromatic carbocycles. The Labute approximate surface area is 90.9 Å². The number of aromatic nitrogens is 1. The molecule has 78 valence electrons. The van der Waals surface area contributed by atoms with Gasteiger partial charge in [-0.2, -0.15) is 0 Å². The molecule has 0 atom stereocenters. The maximum absolute atomic E-state index is 11.5. The molecule has 1 heterocycles. The third-order valence-electron chi connectivity index (χ3n) is 2.00. The molecule has 4 nitrogen and oxygen atoms in total. The van der Waals surface area contributed by atoms with Crippen LogP contribution in [0.1, 0.15) is 16.7 Å². The standard InChI is InChI=1S/C10H10N2O2S/c1-2-14-10(13)9-12(11)7-5-3-4-6-8(7)15-9/h3-6H,2H2,1H3,(H-,11,13)/p+1. The molecular weight excluding hydrogens is 212 g/mol. The fourth-order valence-corrected chi connectivity index (χ4v) is 2.30. The summed E-state index contributed by atoms with van der Waals surface area (Å²) < 4.78 is 7.26. The molecule has 0 bridgehead atoms. The van der Waals surface area contributed by atoms with Gasteiger partial charge in [0.2, 0.25) is 0 Å². The van der Waals surface area contributed by atoms with E-state index < -0.39 is 0 Å². The summed E-state index contributed by atoms with van der Waals surface area (Å²) in [6.07, 6.45) is 0. The summed E-state index contributed by atoms with van der Waals surface area (Å²) in [7, 11) is 0. The number of nitrogen functional groups attached to an aromatic ring is 1. The van der Waals surface area contributed by atoms with Gasteiger partial charge < -0.3 is 4.74 Å². The van der Waals surface area contributed by atoms with Crippen LogP contribution >= 0.6 is 11.3 Å². The van der Waals surface area contributed by atoms with Crippen LogP contribution in [0, 0.1) is 0 Å². The Bertz CT molecular complexity index is 507. The highest BCUT2D eigenvalue weighted by atomic mass is 32.1. The quantitative estimate of drug-likeness (QED) is 0.471. The zero-order valence-electron chi connectivity index (χ0n) is 8.27. The molecule has 1 aromatic heterocycles. The lowest BCUT2D eigenvalue weighted by Gasteiger charge is -1.93. The molecule has 2 N–H and O–H groups in total. The van der Waals surface area contributed by atoms with Crippen molar-refractivity contribution in [3.63, 3.8) is 0 Å². The van der Waals surface area contributed by atoms with Gasteiger partial charge in [-0.25, -0.2) is 10.6 Å². The molecule has 2 aromatic rings. The number of nitrogens with zero attached hydrogens (tertiary/aromatic N) is 1. The average Bonchev–Trinajstić information content (AvgIpc) is 2.57. The second-order valence-corrected chi connectivity index (χ2v) is 4.00. The van der Waals surface area contributed by atoms with Gasteiger partial charge in [0.05, 0.1) is 6.61 Å². The van der Waals surface area contributed by atoms with Crippen molar-refractivity contribution in [2.45, 2.75) is 6.92 Å². The van der Waals surface area contributed by atoms with Gasteiger partial charge in [0.15, 0.2) is 0 Å². The smallest absolute Gasteiger partial charge is 0.418 e. The molecule has 0 aliphatic rings. The molecule has 0 saturated carbocycles. The van der Waals surface area contributed by atoms with E-state index in [2.05, 4.69) is 0 Å². The minimum absolute atomic E-state index is 0.354. The fraction of sp³-hybridized carbons (Fsp3) is 0.200. The lowest BCUT2D eigenvalue weighted by Crippen LogP contribution is -2.48. The number of esters is 1. The van der Waals surface area contributed by atoms with Crippen molar-refractivity contribution in [1.29, 1.82) is 0 Å². The summed E-state index contributed by atoms with van der Waals surface area (Å²) >= 11 is 1.34. The predicted octanol–water partition coefficient (Wildman–Crippen LogP) is 1.08. The lowest BCUT2D eigenvalue weighted by atomic mass is 10.3. The minimum Gasteiger partial charge on any atom is -0.457 e. The summed E-state index contributed by atoms with van der Waals surface area (Å²) in [5, 5.41) is 0.415. The zero-order chi connectivity index (χ0) is 10.8. The van der Waals surface area contributed by atoms with Gasteiger partial charge in [-0.15, -0.1) is 0 Å². The van der Waals surface area contributed by atoms with Gasteiger partial charge in [0, 0.05) is 6.07 Å².